The van der Waals surface area contributed by atoms with E-state index in [1.807, 2.05) is 6.92 Å². The van der Waals surface area contributed by atoms with E-state index in [9.17, 15) is 8.78 Å². The second-order valence-corrected chi connectivity index (χ2v) is 3.44. The summed E-state index contributed by atoms with van der Waals surface area (Å²) in [7, 11) is 0. The Kier molecular flexibility index (Phi) is 3.32. The Balaban J connectivity index is 2.13. The first kappa shape index (κ1) is 11.5. The maximum absolute atomic E-state index is 13.3. The zero-order valence-corrected chi connectivity index (χ0v) is 9.32. The van der Waals surface area contributed by atoms with E-state index >= 15 is 0 Å². The zero-order valence-electron chi connectivity index (χ0n) is 9.32. The summed E-state index contributed by atoms with van der Waals surface area (Å²) in [5.74, 6) is -0.602. The van der Waals surface area contributed by atoms with Gasteiger partial charge in [0.1, 0.15) is 29.5 Å². The fraction of sp³-hybridized carbons (Fsp3) is 0.273. The molecule has 2 rings (SSSR count). The molecule has 1 aromatic heterocycles. The van der Waals surface area contributed by atoms with Crippen molar-refractivity contribution in [3.8, 4) is 0 Å². The molecule has 0 amide bonds. The highest BCUT2D eigenvalue weighted by Gasteiger charge is 2.09. The third-order valence-electron chi connectivity index (χ3n) is 2.38. The van der Waals surface area contributed by atoms with Gasteiger partial charge in [-0.15, -0.1) is 0 Å². The first-order valence-electron chi connectivity index (χ1n) is 5.27. The fourth-order valence-electron chi connectivity index (χ4n) is 1.52. The van der Waals surface area contributed by atoms with E-state index in [2.05, 4.69) is 15.4 Å². The lowest BCUT2D eigenvalue weighted by atomic mass is 10.3. The summed E-state index contributed by atoms with van der Waals surface area (Å²) in [6, 6.07) is 3.73. The summed E-state index contributed by atoms with van der Waals surface area (Å²) in [4.78, 5) is 4.01. The van der Waals surface area contributed by atoms with Crippen LogP contribution in [0.15, 0.2) is 24.5 Å². The summed E-state index contributed by atoms with van der Waals surface area (Å²) in [6.07, 6.45) is 1.41. The molecule has 17 heavy (non-hydrogen) atoms. The number of halogens is 2. The Hall–Kier alpha value is -1.98. The Labute approximate surface area is 97.3 Å². The van der Waals surface area contributed by atoms with Crippen molar-refractivity contribution in [1.29, 1.82) is 0 Å². The topological polar surface area (TPSA) is 42.7 Å². The first-order chi connectivity index (χ1) is 8.22. The number of nitrogens with zero attached hydrogens (tertiary/aromatic N) is 3. The van der Waals surface area contributed by atoms with E-state index in [-0.39, 0.29) is 12.2 Å². The van der Waals surface area contributed by atoms with Crippen LogP contribution in [0, 0.1) is 11.6 Å². The fourth-order valence-corrected chi connectivity index (χ4v) is 1.52. The lowest BCUT2D eigenvalue weighted by Crippen LogP contribution is -2.10. The van der Waals surface area contributed by atoms with Crippen LogP contribution in [0.25, 0.3) is 0 Å². The summed E-state index contributed by atoms with van der Waals surface area (Å²) in [5, 5.41) is 6.65. The van der Waals surface area contributed by atoms with Crippen LogP contribution in [-0.2, 0) is 13.1 Å². The molecule has 90 valence electrons. The van der Waals surface area contributed by atoms with Gasteiger partial charge in [-0.25, -0.2) is 18.4 Å². The molecule has 0 atom stereocenters. The molecular formula is C11H12F2N4. The molecule has 0 unspecified atom stereocenters. The van der Waals surface area contributed by atoms with Gasteiger partial charge in [0.05, 0.1) is 6.54 Å². The number of benzene rings is 1. The van der Waals surface area contributed by atoms with Crippen LogP contribution in [0.3, 0.4) is 0 Å². The monoisotopic (exact) mass is 238 g/mol. The largest absolute Gasteiger partial charge is 0.373 e. The Morgan fingerprint density at radius 1 is 1.29 bits per heavy atom. The third kappa shape index (κ3) is 2.41. The number of para-hydroxylation sites is 1. The molecule has 2 aromatic rings. The van der Waals surface area contributed by atoms with Crippen LogP contribution < -0.4 is 5.32 Å². The summed E-state index contributed by atoms with van der Waals surface area (Å²) < 4.78 is 28.3. The van der Waals surface area contributed by atoms with Crippen molar-refractivity contribution in [3.05, 3.63) is 42.0 Å². The van der Waals surface area contributed by atoms with Crippen molar-refractivity contribution >= 4 is 5.69 Å². The van der Waals surface area contributed by atoms with E-state index in [1.165, 1.54) is 24.5 Å². The summed E-state index contributed by atoms with van der Waals surface area (Å²) in [5.41, 5.74) is -0.141. The third-order valence-corrected chi connectivity index (χ3v) is 2.38. The maximum atomic E-state index is 13.3. The van der Waals surface area contributed by atoms with Gasteiger partial charge in [0, 0.05) is 6.54 Å². The number of rotatable bonds is 4. The first-order valence-corrected chi connectivity index (χ1v) is 5.27. The van der Waals surface area contributed by atoms with Gasteiger partial charge in [-0.2, -0.15) is 5.10 Å². The summed E-state index contributed by atoms with van der Waals surface area (Å²) >= 11 is 0. The van der Waals surface area contributed by atoms with Crippen LogP contribution in [0.5, 0.6) is 0 Å². The SMILES string of the molecule is CCn1ncnc1CNc1c(F)cccc1F. The average Bonchev–Trinajstić information content (AvgIpc) is 2.76. The number of aryl methyl sites for hydroxylation is 1. The van der Waals surface area contributed by atoms with Gasteiger partial charge in [-0.3, -0.25) is 0 Å². The number of hydrogen-bond acceptors (Lipinski definition) is 3. The predicted molar refractivity (Wildman–Crippen MR) is 59.4 cm³/mol. The molecule has 0 aliphatic heterocycles. The van der Waals surface area contributed by atoms with Gasteiger partial charge >= 0.3 is 0 Å². The van der Waals surface area contributed by atoms with Crippen LogP contribution in [0.1, 0.15) is 12.7 Å². The van der Waals surface area contributed by atoms with Crippen molar-refractivity contribution in [2.24, 2.45) is 0 Å². The molecular weight excluding hydrogens is 226 g/mol. The average molecular weight is 238 g/mol. The van der Waals surface area contributed by atoms with Crippen molar-refractivity contribution in [3.63, 3.8) is 0 Å². The van der Waals surface area contributed by atoms with Crippen molar-refractivity contribution in [2.45, 2.75) is 20.0 Å². The normalized spacial score (nSPS) is 10.5. The smallest absolute Gasteiger partial charge is 0.149 e. The zero-order chi connectivity index (χ0) is 12.3. The molecule has 0 fully saturated rings. The van der Waals surface area contributed by atoms with E-state index in [0.29, 0.717) is 12.4 Å². The predicted octanol–water partition coefficient (Wildman–Crippen LogP) is 2.19. The van der Waals surface area contributed by atoms with Gasteiger partial charge in [-0.05, 0) is 19.1 Å². The highest BCUT2D eigenvalue weighted by atomic mass is 19.1. The van der Waals surface area contributed by atoms with Crippen LogP contribution >= 0.6 is 0 Å². The van der Waals surface area contributed by atoms with Gasteiger partial charge in [0.2, 0.25) is 0 Å². The minimum absolute atomic E-state index is 0.141. The second-order valence-electron chi connectivity index (χ2n) is 3.44. The highest BCUT2D eigenvalue weighted by molar-refractivity contribution is 5.45. The standard InChI is InChI=1S/C11H12F2N4/c1-2-17-10(15-7-16-17)6-14-11-8(12)4-3-5-9(11)13/h3-5,7,14H,2,6H2,1H3. The van der Waals surface area contributed by atoms with Crippen molar-refractivity contribution in [2.75, 3.05) is 5.32 Å². The van der Waals surface area contributed by atoms with Crippen LogP contribution in [0.4, 0.5) is 14.5 Å². The number of anilines is 1. The molecule has 1 heterocycles. The lowest BCUT2D eigenvalue weighted by molar-refractivity contribution is 0.583. The van der Waals surface area contributed by atoms with E-state index in [4.69, 9.17) is 0 Å². The Bertz CT molecular complexity index is 490. The van der Waals surface area contributed by atoms with E-state index < -0.39 is 11.6 Å². The Morgan fingerprint density at radius 2 is 2.00 bits per heavy atom. The molecule has 4 nitrogen and oxygen atoms in total. The number of aromatic nitrogens is 3. The molecule has 1 N–H and O–H groups in total. The Morgan fingerprint density at radius 3 is 2.65 bits per heavy atom. The van der Waals surface area contributed by atoms with E-state index in [0.717, 1.165) is 0 Å². The molecule has 0 bridgehead atoms. The minimum atomic E-state index is -0.618. The lowest BCUT2D eigenvalue weighted by Gasteiger charge is -2.08. The molecule has 0 spiro atoms. The summed E-state index contributed by atoms with van der Waals surface area (Å²) in [6.45, 7) is 2.81. The van der Waals surface area contributed by atoms with Crippen molar-refractivity contribution in [1.82, 2.24) is 14.8 Å². The molecule has 0 saturated carbocycles. The number of nitrogens with one attached hydrogen (secondary N) is 1. The second kappa shape index (κ2) is 4.90. The maximum Gasteiger partial charge on any atom is 0.149 e. The molecule has 6 heteroatoms. The van der Waals surface area contributed by atoms with Crippen LogP contribution in [-0.4, -0.2) is 14.8 Å². The van der Waals surface area contributed by atoms with Gasteiger partial charge in [-0.1, -0.05) is 6.07 Å². The van der Waals surface area contributed by atoms with Gasteiger partial charge in [0.25, 0.3) is 0 Å². The highest BCUT2D eigenvalue weighted by Crippen LogP contribution is 2.18. The van der Waals surface area contributed by atoms with Gasteiger partial charge < -0.3 is 5.32 Å². The van der Waals surface area contributed by atoms with Crippen LogP contribution in [0.2, 0.25) is 0 Å². The van der Waals surface area contributed by atoms with Crippen molar-refractivity contribution < 1.29 is 8.78 Å². The van der Waals surface area contributed by atoms with E-state index in [1.54, 1.807) is 4.68 Å². The molecule has 1 aromatic carbocycles. The quantitative estimate of drug-likeness (QED) is 0.887. The molecule has 0 aliphatic carbocycles. The number of hydrogen-bond donors (Lipinski definition) is 1. The minimum Gasteiger partial charge on any atom is -0.373 e. The molecule has 0 aliphatic rings. The van der Waals surface area contributed by atoms with Gasteiger partial charge in [0.15, 0.2) is 0 Å². The molecule has 0 radical (unpaired) electrons. The molecule has 0 saturated heterocycles.